The Morgan fingerprint density at radius 2 is 2.08 bits per heavy atom. The molecule has 0 unspecified atom stereocenters. The van der Waals surface area contributed by atoms with E-state index < -0.39 is 0 Å². The third kappa shape index (κ3) is 3.96. The standard InChI is InChI=1S/C19H21ClN2O3S/c20-13-9-12(10-15-19(13)25-8-7-24-15)11-17(23)21-6-5-18-22-14-3-1-2-4-16(14)26-18/h9-10H,1-8,11H2,(H,21,23). The van der Waals surface area contributed by atoms with Crippen molar-refractivity contribution in [2.75, 3.05) is 19.8 Å². The van der Waals surface area contributed by atoms with E-state index in [4.69, 9.17) is 26.1 Å². The molecule has 0 fully saturated rings. The van der Waals surface area contributed by atoms with E-state index in [-0.39, 0.29) is 12.3 Å². The van der Waals surface area contributed by atoms with Crippen LogP contribution in [0, 0.1) is 0 Å². The van der Waals surface area contributed by atoms with Crippen LogP contribution in [0.2, 0.25) is 5.02 Å². The van der Waals surface area contributed by atoms with Gasteiger partial charge in [0.25, 0.3) is 0 Å². The summed E-state index contributed by atoms with van der Waals surface area (Å²) in [6.45, 7) is 1.59. The van der Waals surface area contributed by atoms with Crippen LogP contribution < -0.4 is 14.8 Å². The van der Waals surface area contributed by atoms with E-state index in [1.807, 2.05) is 6.07 Å². The lowest BCUT2D eigenvalue weighted by Crippen LogP contribution is -2.27. The fourth-order valence-corrected chi connectivity index (χ4v) is 4.78. The summed E-state index contributed by atoms with van der Waals surface area (Å²) in [6, 6.07) is 3.60. The number of fused-ring (bicyclic) bond motifs is 2. The van der Waals surface area contributed by atoms with Gasteiger partial charge in [0, 0.05) is 17.8 Å². The Hall–Kier alpha value is -1.79. The first-order valence-corrected chi connectivity index (χ1v) is 10.2. The number of benzene rings is 1. The minimum Gasteiger partial charge on any atom is -0.486 e. The molecule has 0 saturated heterocycles. The summed E-state index contributed by atoms with van der Waals surface area (Å²) in [6.07, 6.45) is 5.82. The van der Waals surface area contributed by atoms with Gasteiger partial charge in [-0.15, -0.1) is 11.3 Å². The highest BCUT2D eigenvalue weighted by Crippen LogP contribution is 2.38. The predicted octanol–water partition coefficient (Wildman–Crippen LogP) is 3.35. The molecule has 1 aromatic carbocycles. The predicted molar refractivity (Wildman–Crippen MR) is 102 cm³/mol. The molecule has 0 spiro atoms. The molecule has 7 heteroatoms. The molecule has 2 heterocycles. The summed E-state index contributed by atoms with van der Waals surface area (Å²) < 4.78 is 11.1. The number of nitrogens with one attached hydrogen (secondary N) is 1. The Bertz CT molecular complexity index is 798. The lowest BCUT2D eigenvalue weighted by atomic mass is 10.0. The molecule has 0 atom stereocenters. The van der Waals surface area contributed by atoms with Gasteiger partial charge < -0.3 is 14.8 Å². The number of hydrogen-bond acceptors (Lipinski definition) is 5. The molecule has 0 radical (unpaired) electrons. The number of carbonyl (C=O) groups excluding carboxylic acids is 1. The SMILES string of the molecule is O=C(Cc1cc(Cl)c2c(c1)OCCO2)NCCc1nc2c(s1)CCCC2. The average molecular weight is 393 g/mol. The molecule has 138 valence electrons. The third-order valence-corrected chi connectivity index (χ3v) is 6.07. The van der Waals surface area contributed by atoms with Crippen LogP contribution in [0.3, 0.4) is 0 Å². The normalized spacial score (nSPS) is 15.4. The number of amides is 1. The van der Waals surface area contributed by atoms with Crippen LogP contribution in [0.5, 0.6) is 11.5 Å². The molecular weight excluding hydrogens is 372 g/mol. The lowest BCUT2D eigenvalue weighted by molar-refractivity contribution is -0.120. The van der Waals surface area contributed by atoms with Gasteiger partial charge in [0.1, 0.15) is 13.2 Å². The molecule has 1 aliphatic heterocycles. The average Bonchev–Trinajstić information content (AvgIpc) is 3.04. The highest BCUT2D eigenvalue weighted by atomic mass is 35.5. The van der Waals surface area contributed by atoms with Crippen molar-refractivity contribution < 1.29 is 14.3 Å². The van der Waals surface area contributed by atoms with E-state index in [0.29, 0.717) is 36.3 Å². The molecular formula is C19H21ClN2O3S. The van der Waals surface area contributed by atoms with E-state index in [9.17, 15) is 4.79 Å². The molecule has 2 aromatic rings. The number of ether oxygens (including phenoxy) is 2. The minimum absolute atomic E-state index is 0.0286. The van der Waals surface area contributed by atoms with E-state index in [1.54, 1.807) is 17.4 Å². The number of aryl methyl sites for hydroxylation is 2. The van der Waals surface area contributed by atoms with Crippen molar-refractivity contribution >= 4 is 28.8 Å². The van der Waals surface area contributed by atoms with Gasteiger partial charge in [0.15, 0.2) is 11.5 Å². The topological polar surface area (TPSA) is 60.5 Å². The Labute approximate surface area is 161 Å². The molecule has 4 rings (SSSR count). The largest absolute Gasteiger partial charge is 0.486 e. The first-order valence-electron chi connectivity index (χ1n) is 9.01. The van der Waals surface area contributed by atoms with Crippen LogP contribution in [0.1, 0.15) is 34.0 Å². The summed E-state index contributed by atoms with van der Waals surface area (Å²) in [5.74, 6) is 1.15. The molecule has 1 amide bonds. The van der Waals surface area contributed by atoms with Crippen molar-refractivity contribution in [2.45, 2.75) is 38.5 Å². The van der Waals surface area contributed by atoms with Crippen molar-refractivity contribution in [2.24, 2.45) is 0 Å². The number of thiazole rings is 1. The monoisotopic (exact) mass is 392 g/mol. The number of carbonyl (C=O) groups is 1. The quantitative estimate of drug-likeness (QED) is 0.847. The number of hydrogen-bond donors (Lipinski definition) is 1. The van der Waals surface area contributed by atoms with Gasteiger partial charge >= 0.3 is 0 Å². The number of aromatic nitrogens is 1. The zero-order valence-corrected chi connectivity index (χ0v) is 16.0. The van der Waals surface area contributed by atoms with Crippen LogP contribution in [0.4, 0.5) is 0 Å². The second-order valence-electron chi connectivity index (χ2n) is 6.56. The highest BCUT2D eigenvalue weighted by molar-refractivity contribution is 7.11. The Kier molecular flexibility index (Phi) is 5.31. The molecule has 2 aliphatic rings. The summed E-state index contributed by atoms with van der Waals surface area (Å²) in [4.78, 5) is 18.4. The van der Waals surface area contributed by atoms with E-state index >= 15 is 0 Å². The van der Waals surface area contributed by atoms with Gasteiger partial charge in [-0.1, -0.05) is 11.6 Å². The zero-order valence-electron chi connectivity index (χ0n) is 14.5. The minimum atomic E-state index is -0.0286. The number of rotatable bonds is 5. The maximum Gasteiger partial charge on any atom is 0.224 e. The van der Waals surface area contributed by atoms with Gasteiger partial charge in [-0.2, -0.15) is 0 Å². The van der Waals surface area contributed by atoms with E-state index in [2.05, 4.69) is 5.32 Å². The maximum absolute atomic E-state index is 12.2. The fraction of sp³-hybridized carbons (Fsp3) is 0.474. The molecule has 1 aromatic heterocycles. The number of halogens is 1. The van der Waals surface area contributed by atoms with Crippen LogP contribution in [-0.2, 0) is 30.5 Å². The summed E-state index contributed by atoms with van der Waals surface area (Å²) in [5.41, 5.74) is 2.09. The third-order valence-electron chi connectivity index (χ3n) is 4.57. The zero-order chi connectivity index (χ0) is 17.9. The molecule has 1 N–H and O–H groups in total. The van der Waals surface area contributed by atoms with Crippen LogP contribution in [-0.4, -0.2) is 30.6 Å². The maximum atomic E-state index is 12.2. The van der Waals surface area contributed by atoms with Crippen molar-refractivity contribution in [3.63, 3.8) is 0 Å². The van der Waals surface area contributed by atoms with Crippen LogP contribution >= 0.6 is 22.9 Å². The molecule has 1 aliphatic carbocycles. The molecule has 0 saturated carbocycles. The van der Waals surface area contributed by atoms with Crippen molar-refractivity contribution in [1.29, 1.82) is 0 Å². The second-order valence-corrected chi connectivity index (χ2v) is 8.14. The van der Waals surface area contributed by atoms with Gasteiger partial charge in [-0.05, 0) is 43.4 Å². The van der Waals surface area contributed by atoms with Crippen molar-refractivity contribution in [3.8, 4) is 11.5 Å². The fourth-order valence-electron chi connectivity index (χ4n) is 3.34. The number of nitrogens with zero attached hydrogens (tertiary/aromatic N) is 1. The molecule has 0 bridgehead atoms. The Morgan fingerprint density at radius 1 is 1.23 bits per heavy atom. The Morgan fingerprint density at radius 3 is 2.96 bits per heavy atom. The van der Waals surface area contributed by atoms with Gasteiger partial charge in [-0.3, -0.25) is 4.79 Å². The van der Waals surface area contributed by atoms with E-state index in [1.165, 1.54) is 23.4 Å². The highest BCUT2D eigenvalue weighted by Gasteiger charge is 2.18. The van der Waals surface area contributed by atoms with E-state index in [0.717, 1.165) is 29.8 Å². The first-order chi connectivity index (χ1) is 12.7. The summed E-state index contributed by atoms with van der Waals surface area (Å²) in [7, 11) is 0. The second kappa shape index (κ2) is 7.84. The summed E-state index contributed by atoms with van der Waals surface area (Å²) >= 11 is 8.02. The van der Waals surface area contributed by atoms with Crippen LogP contribution in [0.15, 0.2) is 12.1 Å². The molecule has 5 nitrogen and oxygen atoms in total. The van der Waals surface area contributed by atoms with Gasteiger partial charge in [0.05, 0.1) is 22.1 Å². The first kappa shape index (κ1) is 17.6. The Balaban J connectivity index is 1.30. The van der Waals surface area contributed by atoms with Crippen molar-refractivity contribution in [1.82, 2.24) is 10.3 Å². The van der Waals surface area contributed by atoms with Gasteiger partial charge in [-0.25, -0.2) is 4.98 Å². The van der Waals surface area contributed by atoms with Crippen LogP contribution in [0.25, 0.3) is 0 Å². The summed E-state index contributed by atoms with van der Waals surface area (Å²) in [5, 5.41) is 4.58. The molecule has 26 heavy (non-hydrogen) atoms. The lowest BCUT2D eigenvalue weighted by Gasteiger charge is -2.20. The van der Waals surface area contributed by atoms with Crippen molar-refractivity contribution in [3.05, 3.63) is 38.3 Å². The smallest absolute Gasteiger partial charge is 0.224 e. The van der Waals surface area contributed by atoms with Gasteiger partial charge in [0.2, 0.25) is 5.91 Å².